The van der Waals surface area contributed by atoms with Crippen molar-refractivity contribution < 1.29 is 23.5 Å². The van der Waals surface area contributed by atoms with Crippen molar-refractivity contribution in [1.29, 1.82) is 0 Å². The van der Waals surface area contributed by atoms with Crippen LogP contribution >= 0.6 is 0 Å². The Morgan fingerprint density at radius 1 is 1.03 bits per heavy atom. The second-order valence-electron chi connectivity index (χ2n) is 11.1. The zero-order valence-electron chi connectivity index (χ0n) is 22.4. The van der Waals surface area contributed by atoms with E-state index in [9.17, 15) is 14.4 Å². The van der Waals surface area contributed by atoms with Crippen molar-refractivity contribution in [2.75, 3.05) is 12.3 Å². The molecule has 5 atom stereocenters. The van der Waals surface area contributed by atoms with Gasteiger partial charge in [0.1, 0.15) is 36.0 Å². The molecule has 0 amide bonds. The zero-order valence-corrected chi connectivity index (χ0v) is 23.4. The lowest BCUT2D eigenvalue weighted by molar-refractivity contribution is -0.153. The fourth-order valence-corrected chi connectivity index (χ4v) is 10.6. The molecule has 204 valence electrons. The number of esters is 1. The molecule has 10 heteroatoms. The fraction of sp³-hybridized carbons (Fsp3) is 0.379. The summed E-state index contributed by atoms with van der Waals surface area (Å²) < 4.78 is 20.4. The molecule has 2 aromatic carbocycles. The van der Waals surface area contributed by atoms with Crippen molar-refractivity contribution in [3.63, 3.8) is 0 Å². The van der Waals surface area contributed by atoms with Crippen LogP contribution in [0.3, 0.4) is 0 Å². The number of rotatable bonds is 7. The van der Waals surface area contributed by atoms with E-state index < -0.39 is 50.2 Å². The van der Waals surface area contributed by atoms with E-state index in [0.29, 0.717) is 0 Å². The van der Waals surface area contributed by atoms with Crippen LogP contribution in [-0.4, -0.2) is 48.4 Å². The van der Waals surface area contributed by atoms with Crippen LogP contribution in [0.25, 0.3) is 0 Å². The molecule has 0 bridgehead atoms. The maximum absolute atomic E-state index is 12.8. The largest absolute Gasteiger partial charge is 0.458 e. The van der Waals surface area contributed by atoms with Crippen molar-refractivity contribution in [2.24, 2.45) is 11.8 Å². The van der Waals surface area contributed by atoms with Gasteiger partial charge in [0, 0.05) is 6.20 Å². The third-order valence-corrected chi connectivity index (χ3v) is 12.7. The molecule has 2 aliphatic rings. The Hall–Kier alpha value is -3.60. The number of ether oxygens (including phenoxy) is 2. The number of nitrogens with zero attached hydrogens (tertiary/aromatic N) is 2. The molecule has 0 aliphatic carbocycles. The molecule has 3 aromatic rings. The number of anilines is 1. The predicted octanol–water partition coefficient (Wildman–Crippen LogP) is 2.05. The molecule has 2 N–H and O–H groups in total. The number of carbonyl (C=O) groups is 2. The van der Waals surface area contributed by atoms with Crippen LogP contribution in [0.15, 0.2) is 77.7 Å². The molecule has 1 aromatic heterocycles. The second kappa shape index (κ2) is 10.2. The standard InChI is InChI=1S/C29H33N3O6Si/c1-18(33)23-24-25(38-27(23)34)21(37-26(24)32-16-15-22(30)31-28(32)35)17-36-39(29(2,3)4,19-11-7-5-8-12-19)20-13-9-6-10-14-20/h5-16,21,23-26H,17H2,1-4H3,(H2,30,31,35)/t21-,23-,24-,25-,26-/m1/s1. The summed E-state index contributed by atoms with van der Waals surface area (Å²) in [7, 11) is -2.92. The minimum atomic E-state index is -2.92. The summed E-state index contributed by atoms with van der Waals surface area (Å²) in [5.41, 5.74) is 5.06. The fourth-order valence-electron chi connectivity index (χ4n) is 6.04. The molecule has 2 saturated heterocycles. The number of hydrogen-bond acceptors (Lipinski definition) is 8. The number of benzene rings is 2. The molecule has 5 rings (SSSR count). The van der Waals surface area contributed by atoms with Gasteiger partial charge in [-0.2, -0.15) is 4.98 Å². The van der Waals surface area contributed by atoms with E-state index in [0.717, 1.165) is 10.4 Å². The first-order chi connectivity index (χ1) is 18.5. The summed E-state index contributed by atoms with van der Waals surface area (Å²) in [4.78, 5) is 41.9. The Morgan fingerprint density at radius 2 is 1.62 bits per heavy atom. The van der Waals surface area contributed by atoms with E-state index in [2.05, 4.69) is 50.0 Å². The van der Waals surface area contributed by atoms with Gasteiger partial charge in [0.05, 0.1) is 12.5 Å². The normalized spacial score (nSPS) is 24.8. The lowest BCUT2D eigenvalue weighted by Gasteiger charge is -2.43. The monoisotopic (exact) mass is 547 g/mol. The van der Waals surface area contributed by atoms with Crippen LogP contribution in [0, 0.1) is 11.8 Å². The quantitative estimate of drug-likeness (QED) is 0.271. The summed E-state index contributed by atoms with van der Waals surface area (Å²) in [6, 6.07) is 21.8. The minimum absolute atomic E-state index is 0.0687. The van der Waals surface area contributed by atoms with E-state index in [1.807, 2.05) is 36.4 Å². The van der Waals surface area contributed by atoms with Gasteiger partial charge in [0.15, 0.2) is 0 Å². The molecule has 9 nitrogen and oxygen atoms in total. The summed E-state index contributed by atoms with van der Waals surface area (Å²) in [6.07, 6.45) is -0.945. The first-order valence-electron chi connectivity index (χ1n) is 13.0. The van der Waals surface area contributed by atoms with Gasteiger partial charge in [-0.25, -0.2) is 4.79 Å². The summed E-state index contributed by atoms with van der Waals surface area (Å²) in [5, 5.41) is 1.91. The number of nitrogens with two attached hydrogens (primary N) is 1. The predicted molar refractivity (Wildman–Crippen MR) is 148 cm³/mol. The third kappa shape index (κ3) is 4.62. The summed E-state index contributed by atoms with van der Waals surface area (Å²) >= 11 is 0. The molecule has 2 aliphatic heterocycles. The molecule has 2 fully saturated rings. The molecular weight excluding hydrogens is 514 g/mol. The van der Waals surface area contributed by atoms with Crippen LogP contribution in [0.1, 0.15) is 33.9 Å². The van der Waals surface area contributed by atoms with Crippen LogP contribution in [0.4, 0.5) is 5.82 Å². The highest BCUT2D eigenvalue weighted by molar-refractivity contribution is 6.99. The number of Topliss-reactive ketones (excluding diaryl/α,β-unsaturated/α-hetero) is 1. The van der Waals surface area contributed by atoms with Crippen molar-refractivity contribution in [3.05, 3.63) is 83.4 Å². The first-order valence-corrected chi connectivity index (χ1v) is 14.9. The van der Waals surface area contributed by atoms with Gasteiger partial charge in [-0.15, -0.1) is 0 Å². The highest BCUT2D eigenvalue weighted by Gasteiger charge is 2.61. The van der Waals surface area contributed by atoms with Gasteiger partial charge in [-0.3, -0.25) is 14.2 Å². The van der Waals surface area contributed by atoms with Crippen LogP contribution in [0.5, 0.6) is 0 Å². The van der Waals surface area contributed by atoms with Crippen LogP contribution in [0.2, 0.25) is 5.04 Å². The smallest absolute Gasteiger partial charge is 0.351 e. The third-order valence-electron chi connectivity index (χ3n) is 7.72. The van der Waals surface area contributed by atoms with Crippen molar-refractivity contribution in [1.82, 2.24) is 9.55 Å². The lowest BCUT2D eigenvalue weighted by Crippen LogP contribution is -2.67. The van der Waals surface area contributed by atoms with E-state index in [4.69, 9.17) is 19.6 Å². The van der Waals surface area contributed by atoms with E-state index >= 15 is 0 Å². The highest BCUT2D eigenvalue weighted by atomic mass is 28.4. The molecule has 0 spiro atoms. The Morgan fingerprint density at radius 3 is 2.13 bits per heavy atom. The molecular formula is C29H33N3O6Si. The molecule has 0 radical (unpaired) electrons. The summed E-state index contributed by atoms with van der Waals surface area (Å²) in [6.45, 7) is 7.95. The van der Waals surface area contributed by atoms with E-state index in [-0.39, 0.29) is 23.2 Å². The van der Waals surface area contributed by atoms with Gasteiger partial charge in [-0.05, 0) is 28.4 Å². The van der Waals surface area contributed by atoms with E-state index in [1.165, 1.54) is 23.8 Å². The zero-order chi connectivity index (χ0) is 27.9. The Bertz CT molecular complexity index is 1380. The molecule has 0 saturated carbocycles. The Balaban J connectivity index is 1.55. The highest BCUT2D eigenvalue weighted by Crippen LogP contribution is 2.47. The van der Waals surface area contributed by atoms with Gasteiger partial charge in [0.25, 0.3) is 8.32 Å². The molecule has 39 heavy (non-hydrogen) atoms. The lowest BCUT2D eigenvalue weighted by atomic mass is 9.86. The second-order valence-corrected chi connectivity index (χ2v) is 15.5. The number of hydrogen-bond donors (Lipinski definition) is 1. The van der Waals surface area contributed by atoms with E-state index in [1.54, 1.807) is 0 Å². The number of nitrogen functional groups attached to an aromatic ring is 1. The van der Waals surface area contributed by atoms with Crippen molar-refractivity contribution >= 4 is 36.3 Å². The van der Waals surface area contributed by atoms with Gasteiger partial charge < -0.3 is 19.6 Å². The molecule has 0 unspecified atom stereocenters. The first kappa shape index (κ1) is 27.0. The van der Waals surface area contributed by atoms with Gasteiger partial charge >= 0.3 is 11.7 Å². The maximum Gasteiger partial charge on any atom is 0.351 e. The number of carbonyl (C=O) groups excluding carboxylic acids is 2. The maximum atomic E-state index is 12.8. The Labute approximate surface area is 228 Å². The van der Waals surface area contributed by atoms with Gasteiger partial charge in [0.2, 0.25) is 0 Å². The van der Waals surface area contributed by atoms with Crippen LogP contribution < -0.4 is 21.8 Å². The number of aromatic nitrogens is 2. The topological polar surface area (TPSA) is 123 Å². The SMILES string of the molecule is CC(=O)[C@H]1C(=O)O[C@H]2[C@@H]1[C@H](n1ccc(N)nc1=O)O[C@@H]2CO[Si](c1ccccc1)(c1ccccc1)C(C)(C)C. The average molecular weight is 548 g/mol. The number of ketones is 1. The molecule has 3 heterocycles. The Kier molecular flexibility index (Phi) is 7.04. The minimum Gasteiger partial charge on any atom is -0.458 e. The summed E-state index contributed by atoms with van der Waals surface area (Å²) in [5.74, 6) is -2.64. The average Bonchev–Trinajstić information content (AvgIpc) is 3.40. The van der Waals surface area contributed by atoms with Gasteiger partial charge in [-0.1, -0.05) is 81.4 Å². The van der Waals surface area contributed by atoms with Crippen molar-refractivity contribution in [3.8, 4) is 0 Å². The van der Waals surface area contributed by atoms with Crippen LogP contribution in [-0.2, 0) is 23.5 Å². The number of fused-ring (bicyclic) bond motifs is 1. The van der Waals surface area contributed by atoms with Crippen molar-refractivity contribution in [2.45, 2.75) is 51.2 Å².